The van der Waals surface area contributed by atoms with E-state index >= 15 is 0 Å². The average molecular weight is 587 g/mol. The van der Waals surface area contributed by atoms with Gasteiger partial charge in [0, 0.05) is 29.9 Å². The zero-order chi connectivity index (χ0) is 29.1. The van der Waals surface area contributed by atoms with E-state index in [0.29, 0.717) is 23.4 Å². The molecule has 3 aromatic heterocycles. The number of carbonyl (C=O) groups is 1. The lowest BCUT2D eigenvalue weighted by molar-refractivity contribution is -0.274. The molecule has 2 aromatic carbocycles. The molecule has 3 heterocycles. The van der Waals surface area contributed by atoms with Crippen LogP contribution in [0.5, 0.6) is 11.6 Å². The summed E-state index contributed by atoms with van der Waals surface area (Å²) >= 11 is 0.880. The molecule has 0 atom stereocenters. The van der Waals surface area contributed by atoms with Gasteiger partial charge in [0.25, 0.3) is 11.8 Å². The summed E-state index contributed by atoms with van der Waals surface area (Å²) in [5.74, 6) is -0.541. The largest absolute Gasteiger partial charge is 0.573 e. The van der Waals surface area contributed by atoms with E-state index in [1.54, 1.807) is 28.9 Å². The Kier molecular flexibility index (Phi) is 7.61. The molecule has 0 spiro atoms. The Morgan fingerprint density at radius 2 is 1.95 bits per heavy atom. The number of aryl methyl sites for hydroxylation is 1. The summed E-state index contributed by atoms with van der Waals surface area (Å²) in [6.45, 7) is 2.48. The molecule has 41 heavy (non-hydrogen) atoms. The molecule has 0 bridgehead atoms. The maximum Gasteiger partial charge on any atom is 0.573 e. The van der Waals surface area contributed by atoms with Gasteiger partial charge in [-0.3, -0.25) is 18.8 Å². The number of alkyl halides is 3. The van der Waals surface area contributed by atoms with Gasteiger partial charge in [0.15, 0.2) is 5.69 Å². The molecule has 0 saturated heterocycles. The number of halogens is 3. The molecule has 5 rings (SSSR count). The van der Waals surface area contributed by atoms with Gasteiger partial charge >= 0.3 is 11.2 Å². The number of benzene rings is 2. The van der Waals surface area contributed by atoms with E-state index in [1.165, 1.54) is 22.1 Å². The first-order chi connectivity index (χ1) is 19.6. The molecule has 0 saturated carbocycles. The molecule has 11 nitrogen and oxygen atoms in total. The number of rotatable bonds is 9. The Morgan fingerprint density at radius 1 is 1.17 bits per heavy atom. The van der Waals surface area contributed by atoms with Crippen LogP contribution in [0.4, 0.5) is 13.2 Å². The van der Waals surface area contributed by atoms with E-state index in [0.717, 1.165) is 34.7 Å². The number of hydrogen-bond donors (Lipinski definition) is 2. The highest BCUT2D eigenvalue weighted by atomic mass is 32.1. The summed E-state index contributed by atoms with van der Waals surface area (Å²) in [5, 5.41) is 22.2. The molecule has 0 aliphatic heterocycles. The zero-order valence-electron chi connectivity index (χ0n) is 21.3. The van der Waals surface area contributed by atoms with Gasteiger partial charge in [-0.2, -0.15) is 10.1 Å². The smallest absolute Gasteiger partial charge is 0.494 e. The molecule has 0 aliphatic carbocycles. The Morgan fingerprint density at radius 3 is 2.66 bits per heavy atom. The number of hydrogen-bond acceptors (Lipinski definition) is 9. The van der Waals surface area contributed by atoms with Crippen molar-refractivity contribution >= 4 is 17.2 Å². The van der Waals surface area contributed by atoms with Crippen molar-refractivity contribution in [2.45, 2.75) is 26.4 Å². The van der Waals surface area contributed by atoms with Crippen molar-refractivity contribution in [3.8, 4) is 34.6 Å². The maximum absolute atomic E-state index is 12.6. The normalized spacial score (nSPS) is 11.5. The van der Waals surface area contributed by atoms with Gasteiger partial charge in [-0.25, -0.2) is 0 Å². The van der Waals surface area contributed by atoms with E-state index in [9.17, 15) is 27.9 Å². The molecule has 0 aliphatic rings. The standard InChI is InChI=1S/C26H21F3N6O5S/c1-15-11-20(24-31-22(33-40-24)17-5-7-19(8-6-17)39-26(27,28)29)32-35(15)13-16-3-2-4-18(12-16)23(37)30-9-10-34-21(36)14-41-25(34)38/h2-8,11-12,14,36H,9-10,13H2,1H3,(H,30,37). The summed E-state index contributed by atoms with van der Waals surface area (Å²) in [4.78, 5) is 28.3. The Labute approximate surface area is 233 Å². The maximum atomic E-state index is 12.6. The van der Waals surface area contributed by atoms with Crippen molar-refractivity contribution in [3.05, 3.63) is 86.5 Å². The molecule has 2 N–H and O–H groups in total. The lowest BCUT2D eigenvalue weighted by Gasteiger charge is -2.09. The number of ether oxygens (including phenoxy) is 1. The van der Waals surface area contributed by atoms with Gasteiger partial charge in [0.2, 0.25) is 11.7 Å². The van der Waals surface area contributed by atoms with Crippen molar-refractivity contribution in [3.63, 3.8) is 0 Å². The van der Waals surface area contributed by atoms with E-state index in [-0.39, 0.29) is 47.2 Å². The second-order valence-corrected chi connectivity index (χ2v) is 9.61. The first-order valence-electron chi connectivity index (χ1n) is 12.0. The van der Waals surface area contributed by atoms with Gasteiger partial charge in [-0.05, 0) is 55.0 Å². The molecule has 15 heteroatoms. The van der Waals surface area contributed by atoms with Crippen LogP contribution in [0.1, 0.15) is 21.6 Å². The van der Waals surface area contributed by atoms with Crippen LogP contribution in [0.2, 0.25) is 0 Å². The van der Waals surface area contributed by atoms with Gasteiger partial charge < -0.3 is 19.7 Å². The molecule has 212 valence electrons. The van der Waals surface area contributed by atoms with Crippen molar-refractivity contribution in [1.82, 2.24) is 29.8 Å². The van der Waals surface area contributed by atoms with E-state index in [4.69, 9.17) is 4.52 Å². The number of nitrogens with zero attached hydrogens (tertiary/aromatic N) is 5. The highest BCUT2D eigenvalue weighted by Gasteiger charge is 2.31. The van der Waals surface area contributed by atoms with Crippen molar-refractivity contribution in [2.75, 3.05) is 6.54 Å². The van der Waals surface area contributed by atoms with Crippen LogP contribution in [-0.4, -0.2) is 48.4 Å². The van der Waals surface area contributed by atoms with E-state index in [2.05, 4.69) is 25.3 Å². The van der Waals surface area contributed by atoms with Crippen LogP contribution in [-0.2, 0) is 13.1 Å². The van der Waals surface area contributed by atoms with Gasteiger partial charge in [0.1, 0.15) is 5.75 Å². The predicted octanol–water partition coefficient (Wildman–Crippen LogP) is 4.21. The van der Waals surface area contributed by atoms with Gasteiger partial charge in [0.05, 0.1) is 11.9 Å². The second kappa shape index (κ2) is 11.3. The minimum atomic E-state index is -4.79. The molecule has 0 unspecified atom stereocenters. The highest BCUT2D eigenvalue weighted by Crippen LogP contribution is 2.27. The van der Waals surface area contributed by atoms with Crippen molar-refractivity contribution < 1.29 is 32.3 Å². The quantitative estimate of drug-likeness (QED) is 0.262. The van der Waals surface area contributed by atoms with Crippen LogP contribution >= 0.6 is 11.3 Å². The first kappa shape index (κ1) is 27.6. The number of carbonyl (C=O) groups excluding carboxylic acids is 1. The fraction of sp³-hybridized carbons (Fsp3) is 0.192. The molecule has 5 aromatic rings. The fourth-order valence-corrected chi connectivity index (χ4v) is 4.57. The molecule has 0 fully saturated rings. The van der Waals surface area contributed by atoms with E-state index in [1.807, 2.05) is 13.0 Å². The number of aromatic hydroxyl groups is 1. The fourth-order valence-electron chi connectivity index (χ4n) is 3.92. The summed E-state index contributed by atoms with van der Waals surface area (Å²) < 4.78 is 49.2. The average Bonchev–Trinajstić information content (AvgIpc) is 3.64. The van der Waals surface area contributed by atoms with Crippen LogP contribution < -0.4 is 14.9 Å². The van der Waals surface area contributed by atoms with Crippen LogP contribution in [0, 0.1) is 6.92 Å². The summed E-state index contributed by atoms with van der Waals surface area (Å²) in [6.07, 6.45) is -4.79. The minimum Gasteiger partial charge on any atom is -0.494 e. The van der Waals surface area contributed by atoms with E-state index < -0.39 is 6.36 Å². The monoisotopic (exact) mass is 586 g/mol. The van der Waals surface area contributed by atoms with Crippen molar-refractivity contribution in [1.29, 1.82) is 0 Å². The molecular weight excluding hydrogens is 565 g/mol. The third-order valence-electron chi connectivity index (χ3n) is 5.88. The zero-order valence-corrected chi connectivity index (χ0v) is 22.1. The first-order valence-corrected chi connectivity index (χ1v) is 12.9. The molecular formula is C26H21F3N6O5S. The number of aromatic nitrogens is 5. The van der Waals surface area contributed by atoms with Crippen molar-refractivity contribution in [2.24, 2.45) is 0 Å². The summed E-state index contributed by atoms with van der Waals surface area (Å²) in [5.41, 5.74) is 2.83. The Bertz CT molecular complexity index is 1740. The number of amides is 1. The topological polar surface area (TPSA) is 137 Å². The lowest BCUT2D eigenvalue weighted by Crippen LogP contribution is -2.29. The number of nitrogens with one attached hydrogen (secondary N) is 1. The van der Waals surface area contributed by atoms with Gasteiger partial charge in [-0.1, -0.05) is 28.6 Å². The predicted molar refractivity (Wildman–Crippen MR) is 140 cm³/mol. The molecule has 1 amide bonds. The summed E-state index contributed by atoms with van der Waals surface area (Å²) in [7, 11) is 0. The number of thiazole rings is 1. The Hall–Kier alpha value is -4.92. The minimum absolute atomic E-state index is 0.126. The van der Waals surface area contributed by atoms with Crippen LogP contribution in [0.15, 0.2) is 69.3 Å². The molecule has 0 radical (unpaired) electrons. The SMILES string of the molecule is Cc1cc(-c2nc(-c3ccc(OC(F)(F)F)cc3)no2)nn1Cc1cccc(C(=O)NCCn2c(O)csc2=O)c1. The highest BCUT2D eigenvalue weighted by molar-refractivity contribution is 7.07. The third-order valence-corrected chi connectivity index (χ3v) is 6.63. The lowest BCUT2D eigenvalue weighted by atomic mass is 10.1. The Balaban J connectivity index is 1.23. The van der Waals surface area contributed by atoms with Gasteiger partial charge in [-0.15, -0.1) is 13.2 Å². The second-order valence-electron chi connectivity index (χ2n) is 8.79. The summed E-state index contributed by atoms with van der Waals surface area (Å²) in [6, 6.07) is 13.8. The third kappa shape index (κ3) is 6.63. The van der Waals surface area contributed by atoms with Crippen LogP contribution in [0.3, 0.4) is 0 Å². The van der Waals surface area contributed by atoms with Crippen LogP contribution in [0.25, 0.3) is 23.0 Å².